The predicted molar refractivity (Wildman–Crippen MR) is 118 cm³/mol. The molecular formula is C24H25FN2O5. The molecule has 1 aliphatic rings. The van der Waals surface area contributed by atoms with E-state index >= 15 is 0 Å². The van der Waals surface area contributed by atoms with E-state index in [4.69, 9.17) is 13.9 Å². The van der Waals surface area contributed by atoms with Gasteiger partial charge in [0.1, 0.15) is 22.9 Å². The van der Waals surface area contributed by atoms with Crippen LogP contribution in [0.15, 0.2) is 45.6 Å². The number of nitrogens with zero attached hydrogens (tertiary/aromatic N) is 2. The Morgan fingerprint density at radius 2 is 1.88 bits per heavy atom. The van der Waals surface area contributed by atoms with Gasteiger partial charge in [-0.05, 0) is 63.5 Å². The highest BCUT2D eigenvalue weighted by atomic mass is 19.1. The number of carbonyl (C=O) groups is 1. The van der Waals surface area contributed by atoms with E-state index in [0.717, 1.165) is 12.6 Å². The van der Waals surface area contributed by atoms with Crippen molar-refractivity contribution in [2.45, 2.75) is 12.5 Å². The van der Waals surface area contributed by atoms with Crippen molar-refractivity contribution >= 4 is 16.9 Å². The average molecular weight is 440 g/mol. The van der Waals surface area contributed by atoms with Crippen LogP contribution in [0.3, 0.4) is 0 Å². The Kier molecular flexibility index (Phi) is 5.88. The summed E-state index contributed by atoms with van der Waals surface area (Å²) < 4.78 is 30.7. The molecule has 0 saturated carbocycles. The van der Waals surface area contributed by atoms with Crippen LogP contribution in [0, 0.1) is 5.82 Å². The van der Waals surface area contributed by atoms with Crippen molar-refractivity contribution in [2.24, 2.45) is 0 Å². The molecule has 3 aromatic rings. The molecule has 1 aliphatic heterocycles. The largest absolute Gasteiger partial charge is 0.497 e. The molecule has 0 fully saturated rings. The van der Waals surface area contributed by atoms with Crippen molar-refractivity contribution in [1.82, 2.24) is 9.80 Å². The van der Waals surface area contributed by atoms with Gasteiger partial charge in [-0.1, -0.05) is 0 Å². The highest BCUT2D eigenvalue weighted by molar-refractivity contribution is 5.99. The summed E-state index contributed by atoms with van der Waals surface area (Å²) in [5.74, 6) is 0.122. The van der Waals surface area contributed by atoms with E-state index in [1.807, 2.05) is 19.0 Å². The number of benzene rings is 2. The number of rotatable bonds is 7. The Morgan fingerprint density at radius 1 is 1.09 bits per heavy atom. The van der Waals surface area contributed by atoms with Crippen LogP contribution in [0.4, 0.5) is 4.39 Å². The van der Waals surface area contributed by atoms with Gasteiger partial charge in [0.2, 0.25) is 5.76 Å². The zero-order chi connectivity index (χ0) is 23.0. The van der Waals surface area contributed by atoms with Crippen molar-refractivity contribution < 1.29 is 23.1 Å². The molecular weight excluding hydrogens is 415 g/mol. The minimum absolute atomic E-state index is 0.0196. The summed E-state index contributed by atoms with van der Waals surface area (Å²) in [6.07, 6.45) is 0.692. The first-order valence-corrected chi connectivity index (χ1v) is 10.3. The van der Waals surface area contributed by atoms with Crippen LogP contribution in [0.25, 0.3) is 11.0 Å². The SMILES string of the molecule is COc1ccc(OC)c(C2c3c(oc4ccc(F)cc4c3=O)C(=O)N2CCCN(C)C)c1. The van der Waals surface area contributed by atoms with Crippen molar-refractivity contribution in [1.29, 1.82) is 0 Å². The fourth-order valence-corrected chi connectivity index (χ4v) is 4.16. The maximum Gasteiger partial charge on any atom is 0.290 e. The predicted octanol–water partition coefficient (Wildman–Crippen LogP) is 3.45. The lowest BCUT2D eigenvalue weighted by Gasteiger charge is -2.27. The molecule has 0 spiro atoms. The van der Waals surface area contributed by atoms with Gasteiger partial charge in [-0.15, -0.1) is 0 Å². The number of hydrogen-bond donors (Lipinski definition) is 0. The van der Waals surface area contributed by atoms with E-state index in [1.54, 1.807) is 30.2 Å². The summed E-state index contributed by atoms with van der Waals surface area (Å²) in [5, 5.41) is 0.0959. The molecule has 2 aromatic carbocycles. The standard InChI is InChI=1S/C24H25FN2O5/c1-26(2)10-5-11-27-21(16-13-15(30-3)7-9-18(16)31-4)20-22(28)17-12-14(25)6-8-19(17)32-23(20)24(27)29/h6-9,12-13,21H,5,10-11H2,1-4H3. The first-order chi connectivity index (χ1) is 15.3. The lowest BCUT2D eigenvalue weighted by atomic mass is 9.97. The van der Waals surface area contributed by atoms with Crippen LogP contribution in [0.2, 0.25) is 0 Å². The fourth-order valence-electron chi connectivity index (χ4n) is 4.16. The molecule has 0 N–H and O–H groups in total. The number of hydrogen-bond acceptors (Lipinski definition) is 6. The minimum Gasteiger partial charge on any atom is -0.497 e. The lowest BCUT2D eigenvalue weighted by Crippen LogP contribution is -2.32. The second kappa shape index (κ2) is 8.63. The number of methoxy groups -OCH3 is 2. The molecule has 0 bridgehead atoms. The van der Waals surface area contributed by atoms with Crippen LogP contribution in [-0.2, 0) is 0 Å². The van der Waals surface area contributed by atoms with Gasteiger partial charge < -0.3 is 23.7 Å². The van der Waals surface area contributed by atoms with Crippen LogP contribution < -0.4 is 14.9 Å². The maximum atomic E-state index is 13.9. The number of carbonyl (C=O) groups excluding carboxylic acids is 1. The molecule has 32 heavy (non-hydrogen) atoms. The Balaban J connectivity index is 1.95. The number of halogens is 1. The quantitative estimate of drug-likeness (QED) is 0.561. The molecule has 1 unspecified atom stereocenters. The normalized spacial score (nSPS) is 15.5. The molecule has 7 nitrogen and oxygen atoms in total. The average Bonchev–Trinajstić information content (AvgIpc) is 3.05. The van der Waals surface area contributed by atoms with Gasteiger partial charge in [0.15, 0.2) is 5.43 Å². The molecule has 168 valence electrons. The highest BCUT2D eigenvalue weighted by Gasteiger charge is 2.43. The van der Waals surface area contributed by atoms with E-state index in [-0.39, 0.29) is 28.2 Å². The van der Waals surface area contributed by atoms with E-state index in [9.17, 15) is 14.0 Å². The summed E-state index contributed by atoms with van der Waals surface area (Å²) in [4.78, 5) is 30.5. The molecule has 4 rings (SSSR count). The van der Waals surface area contributed by atoms with E-state index in [2.05, 4.69) is 0 Å². The summed E-state index contributed by atoms with van der Waals surface area (Å²) in [7, 11) is 6.97. The van der Waals surface area contributed by atoms with Crippen LogP contribution in [-0.4, -0.2) is 57.1 Å². The number of ether oxygens (including phenoxy) is 2. The van der Waals surface area contributed by atoms with E-state index in [1.165, 1.54) is 19.2 Å². The summed E-state index contributed by atoms with van der Waals surface area (Å²) in [5.41, 5.74) is 0.533. The zero-order valence-corrected chi connectivity index (χ0v) is 18.5. The third-order valence-corrected chi connectivity index (χ3v) is 5.66. The molecule has 1 aromatic heterocycles. The lowest BCUT2D eigenvalue weighted by molar-refractivity contribution is 0.0720. The van der Waals surface area contributed by atoms with Crippen molar-refractivity contribution in [3.8, 4) is 11.5 Å². The molecule has 2 heterocycles. The summed E-state index contributed by atoms with van der Waals surface area (Å²) >= 11 is 0. The summed E-state index contributed by atoms with van der Waals surface area (Å²) in [6.45, 7) is 1.16. The first-order valence-electron chi connectivity index (χ1n) is 10.3. The molecule has 0 radical (unpaired) electrons. The van der Waals surface area contributed by atoms with Gasteiger partial charge in [-0.2, -0.15) is 0 Å². The summed E-state index contributed by atoms with van der Waals surface area (Å²) in [6, 6.07) is 8.20. The van der Waals surface area contributed by atoms with Crippen molar-refractivity contribution in [3.63, 3.8) is 0 Å². The van der Waals surface area contributed by atoms with Gasteiger partial charge in [0.05, 0.1) is 31.2 Å². The van der Waals surface area contributed by atoms with Crippen molar-refractivity contribution in [2.75, 3.05) is 41.4 Å². The van der Waals surface area contributed by atoms with E-state index in [0.29, 0.717) is 30.0 Å². The van der Waals surface area contributed by atoms with Crippen LogP contribution in [0.5, 0.6) is 11.5 Å². The third-order valence-electron chi connectivity index (χ3n) is 5.66. The monoisotopic (exact) mass is 440 g/mol. The van der Waals surface area contributed by atoms with Crippen LogP contribution in [0.1, 0.15) is 34.1 Å². The minimum atomic E-state index is -0.742. The van der Waals surface area contributed by atoms with Gasteiger partial charge >= 0.3 is 0 Å². The Bertz CT molecular complexity index is 1240. The molecule has 1 atom stereocenters. The number of amides is 1. The van der Waals surface area contributed by atoms with E-state index < -0.39 is 17.3 Å². The van der Waals surface area contributed by atoms with Gasteiger partial charge in [0.25, 0.3) is 5.91 Å². The molecule has 1 amide bonds. The topological polar surface area (TPSA) is 72.2 Å². The van der Waals surface area contributed by atoms with Gasteiger partial charge in [-0.25, -0.2) is 4.39 Å². The Labute approximate surface area is 184 Å². The fraction of sp³-hybridized carbons (Fsp3) is 0.333. The zero-order valence-electron chi connectivity index (χ0n) is 18.5. The second-order valence-corrected chi connectivity index (χ2v) is 7.98. The first kappa shape index (κ1) is 21.8. The second-order valence-electron chi connectivity index (χ2n) is 7.98. The Hall–Kier alpha value is -3.39. The highest BCUT2D eigenvalue weighted by Crippen LogP contribution is 2.42. The van der Waals surface area contributed by atoms with Gasteiger partial charge in [-0.3, -0.25) is 9.59 Å². The smallest absolute Gasteiger partial charge is 0.290 e. The molecule has 0 saturated heterocycles. The molecule has 0 aliphatic carbocycles. The molecule has 8 heteroatoms. The Morgan fingerprint density at radius 3 is 2.56 bits per heavy atom. The maximum absolute atomic E-state index is 13.9. The third kappa shape index (κ3) is 3.71. The number of fused-ring (bicyclic) bond motifs is 2. The van der Waals surface area contributed by atoms with Crippen LogP contribution >= 0.6 is 0 Å². The van der Waals surface area contributed by atoms with Gasteiger partial charge in [0, 0.05) is 12.1 Å². The van der Waals surface area contributed by atoms with Crippen molar-refractivity contribution in [3.05, 3.63) is 69.3 Å².